The summed E-state index contributed by atoms with van der Waals surface area (Å²) in [5, 5.41) is 10.8. The van der Waals surface area contributed by atoms with E-state index in [9.17, 15) is 0 Å². The quantitative estimate of drug-likeness (QED) is 0.311. The Balaban J connectivity index is 1.81. The molecule has 5 heteroatoms. The summed E-state index contributed by atoms with van der Waals surface area (Å²) in [5.74, 6) is 0.742. The van der Waals surface area contributed by atoms with Crippen LogP contribution in [0, 0.1) is 6.92 Å². The molecule has 0 aliphatic rings. The Morgan fingerprint density at radius 1 is 1.16 bits per heavy atom. The molecule has 1 aromatic carbocycles. The molecule has 0 saturated carbocycles. The second kappa shape index (κ2) is 8.98. The number of hydrogen-bond acceptors (Lipinski definition) is 3. The highest BCUT2D eigenvalue weighted by atomic mass is 32.1. The summed E-state index contributed by atoms with van der Waals surface area (Å²) in [7, 11) is 0. The standard InChI is InChI=1S/C26H24N4S/c1-5-8-11-18(7-3)19-13-14-22-21(16-19)25(30-29-22)26-27-17(4)24(28-26)20(10-6-2)23-12-9-15-31-23/h5-16H,1-2H2,3-4H3,(H,27,28)(H,29,30)/b11-8-,18-7+,20-10-. The van der Waals surface area contributed by atoms with E-state index in [4.69, 9.17) is 4.98 Å². The van der Waals surface area contributed by atoms with Crippen LogP contribution in [-0.2, 0) is 0 Å². The second-order valence-electron chi connectivity index (χ2n) is 7.02. The minimum absolute atomic E-state index is 0.742. The number of fused-ring (bicyclic) bond motifs is 1. The van der Waals surface area contributed by atoms with E-state index in [0.29, 0.717) is 0 Å². The smallest absolute Gasteiger partial charge is 0.159 e. The molecule has 0 aliphatic heterocycles. The summed E-state index contributed by atoms with van der Waals surface area (Å²) >= 11 is 1.69. The molecule has 0 bridgehead atoms. The molecule has 0 saturated heterocycles. The van der Waals surface area contributed by atoms with Gasteiger partial charge < -0.3 is 4.98 Å². The average molecular weight is 425 g/mol. The Morgan fingerprint density at radius 3 is 2.74 bits per heavy atom. The molecule has 31 heavy (non-hydrogen) atoms. The predicted molar refractivity (Wildman–Crippen MR) is 133 cm³/mol. The number of nitrogens with one attached hydrogen (secondary N) is 2. The third-order valence-corrected chi connectivity index (χ3v) is 5.96. The zero-order valence-electron chi connectivity index (χ0n) is 17.6. The molecule has 0 aliphatic carbocycles. The first-order valence-corrected chi connectivity index (χ1v) is 10.9. The number of benzene rings is 1. The summed E-state index contributed by atoms with van der Waals surface area (Å²) in [6, 6.07) is 10.4. The highest BCUT2D eigenvalue weighted by Crippen LogP contribution is 2.32. The van der Waals surface area contributed by atoms with Gasteiger partial charge in [-0.25, -0.2) is 4.98 Å². The lowest BCUT2D eigenvalue weighted by Crippen LogP contribution is -1.88. The van der Waals surface area contributed by atoms with Crippen molar-refractivity contribution in [1.29, 1.82) is 0 Å². The minimum atomic E-state index is 0.742. The van der Waals surface area contributed by atoms with Crippen LogP contribution in [0.5, 0.6) is 0 Å². The van der Waals surface area contributed by atoms with E-state index in [1.807, 2.05) is 32.1 Å². The van der Waals surface area contributed by atoms with Crippen molar-refractivity contribution in [1.82, 2.24) is 20.2 Å². The molecular weight excluding hydrogens is 400 g/mol. The summed E-state index contributed by atoms with van der Waals surface area (Å²) in [6.45, 7) is 11.7. The van der Waals surface area contributed by atoms with Crippen LogP contribution in [-0.4, -0.2) is 20.2 Å². The van der Waals surface area contributed by atoms with E-state index in [1.165, 1.54) is 0 Å². The molecule has 154 valence electrons. The van der Waals surface area contributed by atoms with Crippen LogP contribution >= 0.6 is 11.3 Å². The fraction of sp³-hybridized carbons (Fsp3) is 0.0769. The van der Waals surface area contributed by atoms with Crippen molar-refractivity contribution in [3.8, 4) is 11.5 Å². The molecule has 2 N–H and O–H groups in total. The van der Waals surface area contributed by atoms with Gasteiger partial charge in [-0.1, -0.05) is 61.7 Å². The lowest BCUT2D eigenvalue weighted by Gasteiger charge is -2.03. The number of thiophene rings is 1. The number of aromatic amines is 2. The average Bonchev–Trinajstić information content (AvgIpc) is 3.52. The first-order chi connectivity index (χ1) is 15.2. The molecule has 4 rings (SSSR count). The molecule has 3 heterocycles. The Labute approximate surface area is 186 Å². The molecule has 4 aromatic rings. The number of H-pyrrole nitrogens is 2. The topological polar surface area (TPSA) is 57.4 Å². The van der Waals surface area contributed by atoms with E-state index in [-0.39, 0.29) is 0 Å². The van der Waals surface area contributed by atoms with Gasteiger partial charge in [-0.05, 0) is 48.6 Å². The van der Waals surface area contributed by atoms with Crippen molar-refractivity contribution in [3.63, 3.8) is 0 Å². The zero-order chi connectivity index (χ0) is 21.8. The highest BCUT2D eigenvalue weighted by Gasteiger charge is 2.18. The molecule has 0 spiro atoms. The van der Waals surface area contributed by atoms with E-state index in [0.717, 1.165) is 55.4 Å². The van der Waals surface area contributed by atoms with Crippen LogP contribution in [0.1, 0.15) is 28.8 Å². The summed E-state index contributed by atoms with van der Waals surface area (Å²) in [6.07, 6.45) is 11.7. The van der Waals surface area contributed by atoms with Gasteiger partial charge in [0.15, 0.2) is 5.82 Å². The van der Waals surface area contributed by atoms with Gasteiger partial charge in [0, 0.05) is 21.5 Å². The third kappa shape index (κ3) is 4.00. The maximum absolute atomic E-state index is 4.93. The summed E-state index contributed by atoms with van der Waals surface area (Å²) in [4.78, 5) is 9.52. The lowest BCUT2D eigenvalue weighted by atomic mass is 10.0. The zero-order valence-corrected chi connectivity index (χ0v) is 18.5. The number of aromatic nitrogens is 4. The van der Waals surface area contributed by atoms with Crippen LogP contribution in [0.25, 0.3) is 33.6 Å². The first kappa shape index (κ1) is 20.6. The number of nitrogens with zero attached hydrogens (tertiary/aromatic N) is 2. The first-order valence-electron chi connectivity index (χ1n) is 10.0. The predicted octanol–water partition coefficient (Wildman–Crippen LogP) is 7.09. The van der Waals surface area contributed by atoms with Gasteiger partial charge in [0.25, 0.3) is 0 Å². The van der Waals surface area contributed by atoms with Crippen molar-refractivity contribution in [3.05, 3.63) is 107 Å². The fourth-order valence-electron chi connectivity index (χ4n) is 3.57. The largest absolute Gasteiger partial charge is 0.340 e. The Morgan fingerprint density at radius 2 is 2.03 bits per heavy atom. The van der Waals surface area contributed by atoms with Crippen molar-refractivity contribution >= 4 is 33.4 Å². The van der Waals surface area contributed by atoms with E-state index < -0.39 is 0 Å². The molecule has 0 radical (unpaired) electrons. The van der Waals surface area contributed by atoms with Crippen LogP contribution in [0.2, 0.25) is 0 Å². The second-order valence-corrected chi connectivity index (χ2v) is 7.97. The minimum Gasteiger partial charge on any atom is -0.340 e. The Hall–Kier alpha value is -3.70. The molecular formula is C26H24N4S. The maximum atomic E-state index is 4.93. The van der Waals surface area contributed by atoms with Crippen LogP contribution in [0.15, 0.2) is 85.3 Å². The van der Waals surface area contributed by atoms with Crippen molar-refractivity contribution in [2.75, 3.05) is 0 Å². The van der Waals surface area contributed by atoms with Gasteiger partial charge in [0.2, 0.25) is 0 Å². The fourth-order valence-corrected chi connectivity index (χ4v) is 4.32. The number of hydrogen-bond donors (Lipinski definition) is 2. The highest BCUT2D eigenvalue weighted by molar-refractivity contribution is 7.11. The van der Waals surface area contributed by atoms with Gasteiger partial charge in [0.05, 0.1) is 11.2 Å². The van der Waals surface area contributed by atoms with E-state index >= 15 is 0 Å². The molecule has 3 aromatic heterocycles. The van der Waals surface area contributed by atoms with E-state index in [2.05, 4.69) is 70.1 Å². The third-order valence-electron chi connectivity index (χ3n) is 5.05. The summed E-state index contributed by atoms with van der Waals surface area (Å²) < 4.78 is 0. The van der Waals surface area contributed by atoms with Crippen molar-refractivity contribution in [2.45, 2.75) is 13.8 Å². The Kier molecular flexibility index (Phi) is 5.96. The van der Waals surface area contributed by atoms with Gasteiger partial charge in [-0.2, -0.15) is 5.10 Å². The van der Waals surface area contributed by atoms with Gasteiger partial charge in [-0.15, -0.1) is 11.3 Å². The monoisotopic (exact) mass is 424 g/mol. The Bertz CT molecular complexity index is 1330. The van der Waals surface area contributed by atoms with Gasteiger partial charge >= 0.3 is 0 Å². The molecule has 0 unspecified atom stereocenters. The normalized spacial score (nSPS) is 12.7. The number of rotatable bonds is 7. The number of imidazole rings is 1. The van der Waals surface area contributed by atoms with Crippen molar-refractivity contribution in [2.24, 2.45) is 0 Å². The summed E-state index contributed by atoms with van der Waals surface area (Å²) in [5.41, 5.74) is 6.97. The molecule has 0 atom stereocenters. The van der Waals surface area contributed by atoms with E-state index in [1.54, 1.807) is 23.5 Å². The van der Waals surface area contributed by atoms with Crippen LogP contribution in [0.3, 0.4) is 0 Å². The van der Waals surface area contributed by atoms with Crippen LogP contribution in [0.4, 0.5) is 0 Å². The number of aryl methyl sites for hydroxylation is 1. The number of allylic oxidation sites excluding steroid dienone is 7. The SMILES string of the molecule is C=C/C=C\C(=C/C)c1ccc2[nH]nc(-c3nc(/C(=C\C=C)c4cccs4)c(C)[nH]3)c2c1. The van der Waals surface area contributed by atoms with Crippen LogP contribution < -0.4 is 0 Å². The molecule has 4 nitrogen and oxygen atoms in total. The van der Waals surface area contributed by atoms with Gasteiger partial charge in [-0.3, -0.25) is 5.10 Å². The molecule has 0 amide bonds. The molecule has 0 fully saturated rings. The van der Waals surface area contributed by atoms with Gasteiger partial charge in [0.1, 0.15) is 5.69 Å². The lowest BCUT2D eigenvalue weighted by molar-refractivity contribution is 1.10. The van der Waals surface area contributed by atoms with Crippen molar-refractivity contribution < 1.29 is 0 Å². The maximum Gasteiger partial charge on any atom is 0.159 e.